The molecule has 0 aliphatic rings. The summed E-state index contributed by atoms with van der Waals surface area (Å²) in [5.74, 6) is -0.0470. The Morgan fingerprint density at radius 2 is 2.24 bits per heavy atom. The summed E-state index contributed by atoms with van der Waals surface area (Å²) in [7, 11) is 0. The lowest BCUT2D eigenvalue weighted by Crippen LogP contribution is -2.04. The predicted molar refractivity (Wildman–Crippen MR) is 74.7 cm³/mol. The Kier molecular flexibility index (Phi) is 4.49. The van der Waals surface area contributed by atoms with Crippen LogP contribution in [0.3, 0.4) is 0 Å². The molecule has 0 unspecified atom stereocenters. The smallest absolute Gasteiger partial charge is 0.353 e. The van der Waals surface area contributed by atoms with Gasteiger partial charge in [0.1, 0.15) is 5.69 Å². The average molecular weight is 292 g/mol. The predicted octanol–water partition coefficient (Wildman–Crippen LogP) is 1.55. The average Bonchev–Trinajstić information content (AvgIpc) is 2.76. The summed E-state index contributed by atoms with van der Waals surface area (Å²) in [6.45, 7) is 3.53. The first-order chi connectivity index (χ1) is 10.1. The Morgan fingerprint density at radius 1 is 1.48 bits per heavy atom. The van der Waals surface area contributed by atoms with E-state index in [1.807, 2.05) is 0 Å². The van der Waals surface area contributed by atoms with Crippen molar-refractivity contribution in [3.63, 3.8) is 0 Å². The number of nitro groups is 1. The van der Waals surface area contributed by atoms with Gasteiger partial charge in [-0.2, -0.15) is 0 Å². The van der Waals surface area contributed by atoms with Crippen molar-refractivity contribution in [2.75, 3.05) is 13.2 Å². The molecule has 0 atom stereocenters. The number of pyridine rings is 1. The molecule has 0 saturated heterocycles. The molecule has 1 N–H and O–H groups in total. The van der Waals surface area contributed by atoms with Gasteiger partial charge in [0.25, 0.3) is 0 Å². The molecule has 0 aromatic carbocycles. The maximum atomic E-state index is 11.2. The Labute approximate surface area is 121 Å². The molecule has 0 bridgehead atoms. The van der Waals surface area contributed by atoms with Crippen LogP contribution in [0.1, 0.15) is 17.8 Å². The molecule has 8 nitrogen and oxygen atoms in total. The summed E-state index contributed by atoms with van der Waals surface area (Å²) in [4.78, 5) is 14.8. The largest absolute Gasteiger partial charge is 0.472 e. The zero-order valence-corrected chi connectivity index (χ0v) is 11.8. The molecule has 0 aliphatic carbocycles. The first-order valence-electron chi connectivity index (χ1n) is 6.46. The topological polar surface area (TPSA) is 103 Å². The van der Waals surface area contributed by atoms with Crippen LogP contribution in [0.15, 0.2) is 18.3 Å². The van der Waals surface area contributed by atoms with Crippen LogP contribution in [0.2, 0.25) is 0 Å². The van der Waals surface area contributed by atoms with E-state index in [9.17, 15) is 10.1 Å². The van der Waals surface area contributed by atoms with Gasteiger partial charge in [0.2, 0.25) is 0 Å². The lowest BCUT2D eigenvalue weighted by Gasteiger charge is -2.05. The minimum Gasteiger partial charge on any atom is -0.472 e. The van der Waals surface area contributed by atoms with Crippen LogP contribution in [0.25, 0.3) is 5.69 Å². The second-order valence-electron chi connectivity index (χ2n) is 4.44. The number of ether oxygens (including phenoxy) is 1. The number of aliphatic hydroxyl groups is 1. The van der Waals surface area contributed by atoms with E-state index in [0.717, 1.165) is 0 Å². The minimum atomic E-state index is -0.515. The van der Waals surface area contributed by atoms with Crippen LogP contribution in [0.4, 0.5) is 5.69 Å². The fourth-order valence-electron chi connectivity index (χ4n) is 1.94. The summed E-state index contributed by atoms with van der Waals surface area (Å²) in [6.07, 6.45) is 2.03. The zero-order chi connectivity index (χ0) is 15.4. The fraction of sp³-hybridized carbons (Fsp3) is 0.385. The molecular formula is C13H16N4O4. The Morgan fingerprint density at radius 3 is 2.86 bits per heavy atom. The van der Waals surface area contributed by atoms with E-state index in [4.69, 9.17) is 9.84 Å². The molecule has 2 rings (SSSR count). The third kappa shape index (κ3) is 3.00. The van der Waals surface area contributed by atoms with Crippen LogP contribution < -0.4 is 4.74 Å². The Balaban J connectivity index is 2.46. The second-order valence-corrected chi connectivity index (χ2v) is 4.44. The van der Waals surface area contributed by atoms with Crippen molar-refractivity contribution < 1.29 is 14.8 Å². The van der Waals surface area contributed by atoms with Crippen LogP contribution in [0, 0.1) is 24.0 Å². The van der Waals surface area contributed by atoms with E-state index >= 15 is 0 Å². The molecule has 0 radical (unpaired) electrons. The van der Waals surface area contributed by atoms with Gasteiger partial charge in [0, 0.05) is 19.2 Å². The fourth-order valence-corrected chi connectivity index (χ4v) is 1.94. The van der Waals surface area contributed by atoms with Crippen molar-refractivity contribution in [1.82, 2.24) is 14.8 Å². The third-order valence-corrected chi connectivity index (χ3v) is 2.98. The quantitative estimate of drug-likeness (QED) is 0.492. The lowest BCUT2D eigenvalue weighted by molar-refractivity contribution is -0.386. The van der Waals surface area contributed by atoms with Crippen LogP contribution in [-0.4, -0.2) is 38.0 Å². The number of nitrogens with zero attached hydrogens (tertiary/aromatic N) is 4. The highest BCUT2D eigenvalue weighted by molar-refractivity contribution is 5.50. The van der Waals surface area contributed by atoms with Gasteiger partial charge in [0.15, 0.2) is 0 Å². The number of aliphatic hydroxyl groups excluding tert-OH is 1. The molecule has 0 aliphatic heterocycles. The first kappa shape index (κ1) is 14.9. The van der Waals surface area contributed by atoms with Gasteiger partial charge in [0.05, 0.1) is 22.9 Å². The maximum Gasteiger partial charge on any atom is 0.353 e. The van der Waals surface area contributed by atoms with Crippen molar-refractivity contribution in [2.45, 2.75) is 20.3 Å². The van der Waals surface area contributed by atoms with Gasteiger partial charge in [-0.25, -0.2) is 4.68 Å². The summed E-state index contributed by atoms with van der Waals surface area (Å²) in [5, 5.41) is 24.1. The summed E-state index contributed by atoms with van der Waals surface area (Å²) >= 11 is 0. The van der Waals surface area contributed by atoms with Gasteiger partial charge in [-0.3, -0.25) is 15.1 Å². The van der Waals surface area contributed by atoms with E-state index in [2.05, 4.69) is 10.1 Å². The van der Waals surface area contributed by atoms with Crippen LogP contribution >= 0.6 is 0 Å². The van der Waals surface area contributed by atoms with E-state index in [1.54, 1.807) is 32.2 Å². The SMILES string of the molecule is Cc1ncccc1-n1nc(OCCCO)c([N+](=O)[O-])c1C. The molecule has 112 valence electrons. The molecule has 2 aromatic rings. The van der Waals surface area contributed by atoms with Gasteiger partial charge in [-0.05, 0) is 26.0 Å². The van der Waals surface area contributed by atoms with Gasteiger partial charge >= 0.3 is 11.6 Å². The number of aromatic nitrogens is 3. The van der Waals surface area contributed by atoms with Crippen molar-refractivity contribution in [3.05, 3.63) is 39.8 Å². The lowest BCUT2D eigenvalue weighted by atomic mass is 10.3. The van der Waals surface area contributed by atoms with E-state index in [0.29, 0.717) is 23.5 Å². The molecule has 21 heavy (non-hydrogen) atoms. The monoisotopic (exact) mass is 292 g/mol. The zero-order valence-electron chi connectivity index (χ0n) is 11.8. The molecule has 0 amide bonds. The van der Waals surface area contributed by atoms with Crippen molar-refractivity contribution in [3.8, 4) is 11.6 Å². The maximum absolute atomic E-state index is 11.2. The van der Waals surface area contributed by atoms with Crippen molar-refractivity contribution >= 4 is 5.69 Å². The number of rotatable bonds is 6. The van der Waals surface area contributed by atoms with E-state index < -0.39 is 4.92 Å². The van der Waals surface area contributed by atoms with E-state index in [1.165, 1.54) is 4.68 Å². The number of aryl methyl sites for hydroxylation is 1. The van der Waals surface area contributed by atoms with Gasteiger partial charge in [-0.15, -0.1) is 5.10 Å². The normalized spacial score (nSPS) is 10.6. The number of hydrogen-bond acceptors (Lipinski definition) is 6. The number of hydrogen-bond donors (Lipinski definition) is 1. The minimum absolute atomic E-state index is 0.0464. The Hall–Kier alpha value is -2.48. The summed E-state index contributed by atoms with van der Waals surface area (Å²) in [6, 6.07) is 3.52. The highest BCUT2D eigenvalue weighted by atomic mass is 16.6. The second kappa shape index (κ2) is 6.31. The van der Waals surface area contributed by atoms with Gasteiger partial charge in [-0.1, -0.05) is 0 Å². The molecule has 0 fully saturated rings. The van der Waals surface area contributed by atoms with Crippen LogP contribution in [0.5, 0.6) is 5.88 Å². The van der Waals surface area contributed by atoms with Crippen molar-refractivity contribution in [1.29, 1.82) is 0 Å². The summed E-state index contributed by atoms with van der Waals surface area (Å²) in [5.41, 5.74) is 1.57. The third-order valence-electron chi connectivity index (χ3n) is 2.98. The molecule has 2 aromatic heterocycles. The highest BCUT2D eigenvalue weighted by Gasteiger charge is 2.27. The summed E-state index contributed by atoms with van der Waals surface area (Å²) < 4.78 is 6.76. The molecule has 8 heteroatoms. The molecule has 2 heterocycles. The highest BCUT2D eigenvalue weighted by Crippen LogP contribution is 2.31. The van der Waals surface area contributed by atoms with E-state index in [-0.39, 0.29) is 24.8 Å². The Bertz CT molecular complexity index is 654. The van der Waals surface area contributed by atoms with Crippen LogP contribution in [-0.2, 0) is 0 Å². The van der Waals surface area contributed by atoms with Crippen molar-refractivity contribution in [2.24, 2.45) is 0 Å². The van der Waals surface area contributed by atoms with Gasteiger partial charge < -0.3 is 9.84 Å². The standard InChI is InChI=1S/C13H16N4O4/c1-9-11(5-3-6-14-9)16-10(2)12(17(19)20)13(15-16)21-8-4-7-18/h3,5-6,18H,4,7-8H2,1-2H3. The molecular weight excluding hydrogens is 276 g/mol. The molecule has 0 saturated carbocycles. The molecule has 0 spiro atoms. The first-order valence-corrected chi connectivity index (χ1v) is 6.46.